The Morgan fingerprint density at radius 3 is 2.86 bits per heavy atom. The van der Waals surface area contributed by atoms with Gasteiger partial charge in [-0.3, -0.25) is 14.3 Å². The summed E-state index contributed by atoms with van der Waals surface area (Å²) < 4.78 is 1.68. The molecule has 0 saturated carbocycles. The van der Waals surface area contributed by atoms with Gasteiger partial charge in [0.1, 0.15) is 5.69 Å². The van der Waals surface area contributed by atoms with Gasteiger partial charge in [-0.15, -0.1) is 0 Å². The molecule has 2 aromatic rings. The highest BCUT2D eigenvalue weighted by Gasteiger charge is 2.27. The Bertz CT molecular complexity index is 849. The van der Waals surface area contributed by atoms with Gasteiger partial charge in [0.05, 0.1) is 16.3 Å². The Morgan fingerprint density at radius 1 is 1.32 bits per heavy atom. The van der Waals surface area contributed by atoms with Crippen LogP contribution in [0, 0.1) is 5.92 Å². The van der Waals surface area contributed by atoms with Crippen molar-refractivity contribution in [2.45, 2.75) is 32.6 Å². The molecule has 0 unspecified atom stereocenters. The number of likely N-dealkylation sites (tertiary alicyclic amines) is 1. The Kier molecular flexibility index (Phi) is 6.73. The number of amides is 2. The Morgan fingerprint density at radius 2 is 2.11 bits per heavy atom. The minimum atomic E-state index is -0.176. The number of aryl methyl sites for hydroxylation is 2. The molecule has 1 saturated heterocycles. The van der Waals surface area contributed by atoms with Crippen LogP contribution in [0.5, 0.6) is 0 Å². The van der Waals surface area contributed by atoms with Crippen molar-refractivity contribution in [3.63, 3.8) is 0 Å². The Labute approximate surface area is 170 Å². The molecular formula is C21H27ClN4O2. The molecule has 2 amide bonds. The third kappa shape index (κ3) is 4.73. The van der Waals surface area contributed by atoms with Crippen molar-refractivity contribution in [1.82, 2.24) is 20.0 Å². The average molecular weight is 403 g/mol. The summed E-state index contributed by atoms with van der Waals surface area (Å²) in [6.07, 6.45) is 3.79. The van der Waals surface area contributed by atoms with E-state index >= 15 is 0 Å². The van der Waals surface area contributed by atoms with E-state index in [0.29, 0.717) is 29.4 Å². The first kappa shape index (κ1) is 20.4. The van der Waals surface area contributed by atoms with Crippen molar-refractivity contribution in [3.05, 3.63) is 52.3 Å². The van der Waals surface area contributed by atoms with E-state index in [9.17, 15) is 9.59 Å². The maximum absolute atomic E-state index is 12.9. The number of hydrogen-bond donors (Lipinski definition) is 1. The van der Waals surface area contributed by atoms with Gasteiger partial charge in [-0.05, 0) is 43.4 Å². The van der Waals surface area contributed by atoms with Gasteiger partial charge in [0.2, 0.25) is 0 Å². The minimum absolute atomic E-state index is 0.0134. The van der Waals surface area contributed by atoms with E-state index in [-0.39, 0.29) is 17.7 Å². The lowest BCUT2D eigenvalue weighted by molar-refractivity contribution is 0.0660. The summed E-state index contributed by atoms with van der Waals surface area (Å²) in [5.74, 6) is 0.0665. The number of carbonyl (C=O) groups excluding carboxylic acids is 2. The third-order valence-corrected chi connectivity index (χ3v) is 5.46. The highest BCUT2D eigenvalue weighted by molar-refractivity contribution is 6.33. The van der Waals surface area contributed by atoms with Crippen LogP contribution in [-0.2, 0) is 13.5 Å². The summed E-state index contributed by atoms with van der Waals surface area (Å²) in [6.45, 7) is 4.00. The molecule has 1 aliphatic heterocycles. The van der Waals surface area contributed by atoms with E-state index in [4.69, 9.17) is 11.6 Å². The first-order chi connectivity index (χ1) is 13.5. The van der Waals surface area contributed by atoms with Gasteiger partial charge < -0.3 is 10.2 Å². The predicted octanol–water partition coefficient (Wildman–Crippen LogP) is 3.31. The molecule has 28 heavy (non-hydrogen) atoms. The van der Waals surface area contributed by atoms with E-state index in [2.05, 4.69) is 17.3 Å². The highest BCUT2D eigenvalue weighted by Crippen LogP contribution is 2.20. The van der Waals surface area contributed by atoms with Gasteiger partial charge in [0.15, 0.2) is 0 Å². The van der Waals surface area contributed by atoms with Gasteiger partial charge in [0.25, 0.3) is 11.8 Å². The zero-order valence-electron chi connectivity index (χ0n) is 16.4. The molecule has 1 N–H and O–H groups in total. The molecule has 1 aliphatic rings. The highest BCUT2D eigenvalue weighted by atomic mass is 35.5. The molecule has 1 aromatic heterocycles. The average Bonchev–Trinajstić information content (AvgIpc) is 3.06. The number of carbonyl (C=O) groups is 2. The van der Waals surface area contributed by atoms with Gasteiger partial charge >= 0.3 is 0 Å². The van der Waals surface area contributed by atoms with Crippen molar-refractivity contribution >= 4 is 23.4 Å². The lowest BCUT2D eigenvalue weighted by Crippen LogP contribution is -2.44. The van der Waals surface area contributed by atoms with Gasteiger partial charge in [-0.2, -0.15) is 5.10 Å². The standard InChI is InChI=1S/C21H27ClN4O2/c1-3-7-16-12-19(25(2)24-16)21(28)26-11-6-8-15(14-26)13-23-20(27)17-9-4-5-10-18(17)22/h4-5,9-10,12,15H,3,6-8,11,13-14H2,1-2H3,(H,23,27)/t15-/m1/s1. The molecule has 6 nitrogen and oxygen atoms in total. The van der Waals surface area contributed by atoms with Crippen LogP contribution < -0.4 is 5.32 Å². The SMILES string of the molecule is CCCc1cc(C(=O)N2CCC[C@H](CNC(=O)c3ccccc3Cl)C2)n(C)n1. The molecule has 1 aromatic carbocycles. The van der Waals surface area contributed by atoms with Crippen molar-refractivity contribution in [2.24, 2.45) is 13.0 Å². The minimum Gasteiger partial charge on any atom is -0.352 e. The van der Waals surface area contributed by atoms with Crippen LogP contribution in [0.1, 0.15) is 52.7 Å². The fourth-order valence-electron chi connectivity index (χ4n) is 3.66. The molecule has 2 heterocycles. The van der Waals surface area contributed by atoms with Crippen molar-refractivity contribution in [2.75, 3.05) is 19.6 Å². The number of aromatic nitrogens is 2. The first-order valence-electron chi connectivity index (χ1n) is 9.84. The molecule has 0 aliphatic carbocycles. The predicted molar refractivity (Wildman–Crippen MR) is 110 cm³/mol. The molecule has 0 bridgehead atoms. The normalized spacial score (nSPS) is 16.8. The van der Waals surface area contributed by atoms with Crippen LogP contribution in [-0.4, -0.2) is 46.1 Å². The molecule has 0 radical (unpaired) electrons. The Balaban J connectivity index is 1.59. The molecule has 0 spiro atoms. The zero-order valence-corrected chi connectivity index (χ0v) is 17.2. The quantitative estimate of drug-likeness (QED) is 0.806. The van der Waals surface area contributed by atoms with Crippen molar-refractivity contribution in [1.29, 1.82) is 0 Å². The summed E-state index contributed by atoms with van der Waals surface area (Å²) in [7, 11) is 1.82. The van der Waals surface area contributed by atoms with E-state index < -0.39 is 0 Å². The number of piperidine rings is 1. The monoisotopic (exact) mass is 402 g/mol. The maximum atomic E-state index is 12.9. The first-order valence-corrected chi connectivity index (χ1v) is 10.2. The van der Waals surface area contributed by atoms with E-state index in [1.165, 1.54) is 0 Å². The summed E-state index contributed by atoms with van der Waals surface area (Å²) in [5.41, 5.74) is 2.06. The second-order valence-electron chi connectivity index (χ2n) is 7.34. The van der Waals surface area contributed by atoms with E-state index in [1.807, 2.05) is 18.0 Å². The number of benzene rings is 1. The zero-order chi connectivity index (χ0) is 20.1. The number of rotatable bonds is 6. The summed E-state index contributed by atoms with van der Waals surface area (Å²) in [4.78, 5) is 27.2. The molecule has 3 rings (SSSR count). The number of halogens is 1. The van der Waals surface area contributed by atoms with Crippen LogP contribution in [0.25, 0.3) is 0 Å². The van der Waals surface area contributed by atoms with Crippen LogP contribution in [0.3, 0.4) is 0 Å². The maximum Gasteiger partial charge on any atom is 0.272 e. The second kappa shape index (κ2) is 9.24. The summed E-state index contributed by atoms with van der Waals surface area (Å²) in [5, 5.41) is 7.84. The molecular weight excluding hydrogens is 376 g/mol. The number of nitrogens with one attached hydrogen (secondary N) is 1. The van der Waals surface area contributed by atoms with Gasteiger partial charge in [-0.25, -0.2) is 0 Å². The van der Waals surface area contributed by atoms with Crippen molar-refractivity contribution < 1.29 is 9.59 Å². The molecule has 1 fully saturated rings. The van der Waals surface area contributed by atoms with E-state index in [0.717, 1.165) is 37.9 Å². The third-order valence-electron chi connectivity index (χ3n) is 5.13. The van der Waals surface area contributed by atoms with Gasteiger partial charge in [0, 0.05) is 26.7 Å². The lowest BCUT2D eigenvalue weighted by atomic mass is 9.97. The van der Waals surface area contributed by atoms with Crippen molar-refractivity contribution in [3.8, 4) is 0 Å². The lowest BCUT2D eigenvalue weighted by Gasteiger charge is -2.32. The Hall–Kier alpha value is -2.34. The second-order valence-corrected chi connectivity index (χ2v) is 7.75. The molecule has 150 valence electrons. The van der Waals surface area contributed by atoms with Crippen LogP contribution in [0.15, 0.2) is 30.3 Å². The molecule has 7 heteroatoms. The molecule has 1 atom stereocenters. The number of hydrogen-bond acceptors (Lipinski definition) is 3. The largest absolute Gasteiger partial charge is 0.352 e. The number of nitrogens with zero attached hydrogens (tertiary/aromatic N) is 3. The van der Waals surface area contributed by atoms with Crippen LogP contribution >= 0.6 is 11.6 Å². The summed E-state index contributed by atoms with van der Waals surface area (Å²) in [6, 6.07) is 8.91. The van der Waals surface area contributed by atoms with Crippen LogP contribution in [0.2, 0.25) is 5.02 Å². The van der Waals surface area contributed by atoms with E-state index in [1.54, 1.807) is 28.9 Å². The fourth-order valence-corrected chi connectivity index (χ4v) is 3.88. The smallest absolute Gasteiger partial charge is 0.272 e. The van der Waals surface area contributed by atoms with Crippen LogP contribution in [0.4, 0.5) is 0 Å². The summed E-state index contributed by atoms with van der Waals surface area (Å²) >= 11 is 6.09. The fraction of sp³-hybridized carbons (Fsp3) is 0.476. The van der Waals surface area contributed by atoms with Gasteiger partial charge in [-0.1, -0.05) is 37.1 Å². The topological polar surface area (TPSA) is 67.2 Å².